The van der Waals surface area contributed by atoms with Crippen molar-refractivity contribution in [2.24, 2.45) is 0 Å². The molecule has 0 spiro atoms. The topological polar surface area (TPSA) is 59.4 Å². The van der Waals surface area contributed by atoms with Crippen molar-refractivity contribution < 1.29 is 13.9 Å². The molecule has 1 aliphatic rings. The molecule has 6 nitrogen and oxygen atoms in total. The predicted octanol–water partition coefficient (Wildman–Crippen LogP) is 3.49. The molecule has 1 saturated heterocycles. The number of aromatic nitrogens is 2. The van der Waals surface area contributed by atoms with Gasteiger partial charge in [-0.15, -0.1) is 0 Å². The third-order valence-corrected chi connectivity index (χ3v) is 4.99. The summed E-state index contributed by atoms with van der Waals surface area (Å²) in [5.41, 5.74) is 1.74. The van der Waals surface area contributed by atoms with Crippen molar-refractivity contribution in [3.63, 3.8) is 0 Å². The average molecular weight is 394 g/mol. The Morgan fingerprint density at radius 3 is 2.59 bits per heavy atom. The first-order chi connectivity index (χ1) is 14.2. The second-order valence-electron chi connectivity index (χ2n) is 7.09. The molecule has 0 atom stereocenters. The molecule has 7 heteroatoms. The molecular formula is C22H23FN4O2. The van der Waals surface area contributed by atoms with E-state index in [1.165, 1.54) is 6.07 Å². The molecule has 29 heavy (non-hydrogen) atoms. The van der Waals surface area contributed by atoms with Gasteiger partial charge in [-0.25, -0.2) is 9.37 Å². The molecule has 3 aromatic rings. The van der Waals surface area contributed by atoms with Crippen LogP contribution in [-0.4, -0.2) is 46.1 Å². The van der Waals surface area contributed by atoms with Crippen molar-refractivity contribution in [2.75, 3.05) is 25.0 Å². The number of halogens is 1. The van der Waals surface area contributed by atoms with Gasteiger partial charge in [0.1, 0.15) is 6.10 Å². The van der Waals surface area contributed by atoms with Gasteiger partial charge in [-0.05, 0) is 49.2 Å². The zero-order valence-corrected chi connectivity index (χ0v) is 16.0. The Bertz CT molecular complexity index is 936. The van der Waals surface area contributed by atoms with E-state index in [0.29, 0.717) is 12.3 Å². The highest BCUT2D eigenvalue weighted by atomic mass is 19.1. The van der Waals surface area contributed by atoms with Crippen molar-refractivity contribution >= 4 is 11.6 Å². The molecule has 4 rings (SSSR count). The third kappa shape index (κ3) is 5.00. The highest BCUT2D eigenvalue weighted by molar-refractivity contribution is 5.92. The van der Waals surface area contributed by atoms with Gasteiger partial charge in [0.05, 0.1) is 12.9 Å². The monoisotopic (exact) mass is 394 g/mol. The summed E-state index contributed by atoms with van der Waals surface area (Å²) in [5, 5.41) is 2.93. The van der Waals surface area contributed by atoms with Crippen molar-refractivity contribution in [1.82, 2.24) is 14.5 Å². The highest BCUT2D eigenvalue weighted by Crippen LogP contribution is 2.22. The molecule has 2 aromatic carbocycles. The number of imidazole rings is 1. The van der Waals surface area contributed by atoms with E-state index in [1.807, 2.05) is 35.0 Å². The van der Waals surface area contributed by atoms with E-state index >= 15 is 0 Å². The molecule has 2 heterocycles. The van der Waals surface area contributed by atoms with Crippen LogP contribution in [0.2, 0.25) is 0 Å². The number of likely N-dealkylation sites (tertiary alicyclic amines) is 1. The summed E-state index contributed by atoms with van der Waals surface area (Å²) < 4.78 is 21.4. The number of nitrogens with one attached hydrogen (secondary N) is 1. The number of anilines is 1. The maximum Gasteiger partial charge on any atom is 0.238 e. The number of hydrogen-bond donors (Lipinski definition) is 1. The first-order valence-electron chi connectivity index (χ1n) is 9.69. The van der Waals surface area contributed by atoms with E-state index in [9.17, 15) is 9.18 Å². The first-order valence-corrected chi connectivity index (χ1v) is 9.69. The largest absolute Gasteiger partial charge is 0.487 e. The lowest BCUT2D eigenvalue weighted by Gasteiger charge is -2.31. The summed E-state index contributed by atoms with van der Waals surface area (Å²) in [4.78, 5) is 18.5. The maximum absolute atomic E-state index is 13.7. The maximum atomic E-state index is 13.7. The van der Waals surface area contributed by atoms with Gasteiger partial charge in [-0.2, -0.15) is 0 Å². The minimum atomic E-state index is -0.339. The van der Waals surface area contributed by atoms with Crippen LogP contribution < -0.4 is 10.1 Å². The molecule has 1 aromatic heterocycles. The van der Waals surface area contributed by atoms with Crippen molar-refractivity contribution in [3.8, 4) is 11.4 Å². The highest BCUT2D eigenvalue weighted by Gasteiger charge is 2.22. The lowest BCUT2D eigenvalue weighted by Crippen LogP contribution is -2.42. The third-order valence-electron chi connectivity index (χ3n) is 4.99. The fraction of sp³-hybridized carbons (Fsp3) is 0.273. The van der Waals surface area contributed by atoms with Crippen LogP contribution in [0.15, 0.2) is 67.3 Å². The number of benzene rings is 2. The number of carbonyl (C=O) groups excluding carboxylic acids is 1. The summed E-state index contributed by atoms with van der Waals surface area (Å²) >= 11 is 0. The summed E-state index contributed by atoms with van der Waals surface area (Å²) in [6.07, 6.45) is 6.82. The molecule has 1 fully saturated rings. The number of carbonyl (C=O) groups is 1. The standard InChI is InChI=1S/C22H23FN4O2/c23-20-3-1-2-4-21(20)29-19-9-12-26(13-10-19)15-22(28)25-17-5-7-18(8-6-17)27-14-11-24-16-27/h1-8,11,14,16,19H,9-10,12-13,15H2,(H,25,28). The van der Waals surface area contributed by atoms with Crippen LogP contribution in [0.4, 0.5) is 10.1 Å². The number of hydrogen-bond acceptors (Lipinski definition) is 4. The Labute approximate surface area is 168 Å². The molecule has 0 radical (unpaired) electrons. The van der Waals surface area contributed by atoms with Gasteiger partial charge < -0.3 is 14.6 Å². The normalized spacial score (nSPS) is 15.2. The second kappa shape index (κ2) is 8.87. The quantitative estimate of drug-likeness (QED) is 0.695. The lowest BCUT2D eigenvalue weighted by atomic mass is 10.1. The lowest BCUT2D eigenvalue weighted by molar-refractivity contribution is -0.117. The van der Waals surface area contributed by atoms with Crippen LogP contribution in [0.25, 0.3) is 5.69 Å². The van der Waals surface area contributed by atoms with Gasteiger partial charge in [0.25, 0.3) is 0 Å². The SMILES string of the molecule is O=C(CN1CCC(Oc2ccccc2F)CC1)Nc1ccc(-n2ccnc2)cc1. The molecular weight excluding hydrogens is 371 g/mol. The van der Waals surface area contributed by atoms with Crippen LogP contribution >= 0.6 is 0 Å². The fourth-order valence-corrected chi connectivity index (χ4v) is 3.44. The summed E-state index contributed by atoms with van der Waals surface area (Å²) in [6.45, 7) is 1.81. The van der Waals surface area contributed by atoms with Crippen molar-refractivity contribution in [1.29, 1.82) is 0 Å². The average Bonchev–Trinajstić information content (AvgIpc) is 3.27. The van der Waals surface area contributed by atoms with Gasteiger partial charge in [0, 0.05) is 36.9 Å². The molecule has 1 aliphatic heterocycles. The molecule has 0 unspecified atom stereocenters. The summed E-state index contributed by atoms with van der Waals surface area (Å²) in [7, 11) is 0. The fourth-order valence-electron chi connectivity index (χ4n) is 3.44. The Kier molecular flexibility index (Phi) is 5.86. The second-order valence-corrected chi connectivity index (χ2v) is 7.09. The van der Waals surface area contributed by atoms with E-state index < -0.39 is 0 Å². The van der Waals surface area contributed by atoms with E-state index in [2.05, 4.69) is 15.2 Å². The van der Waals surface area contributed by atoms with E-state index in [-0.39, 0.29) is 17.8 Å². The molecule has 0 saturated carbocycles. The Hall–Kier alpha value is -3.19. The molecule has 150 valence electrons. The van der Waals surface area contributed by atoms with Gasteiger partial charge in [-0.1, -0.05) is 12.1 Å². The van der Waals surface area contributed by atoms with Crippen molar-refractivity contribution in [2.45, 2.75) is 18.9 Å². The zero-order valence-electron chi connectivity index (χ0n) is 16.0. The Morgan fingerprint density at radius 1 is 1.14 bits per heavy atom. The van der Waals surface area contributed by atoms with Crippen LogP contribution in [-0.2, 0) is 4.79 Å². The van der Waals surface area contributed by atoms with E-state index in [1.54, 1.807) is 30.7 Å². The van der Waals surface area contributed by atoms with Crippen LogP contribution in [0.1, 0.15) is 12.8 Å². The number of rotatable bonds is 6. The number of para-hydroxylation sites is 1. The smallest absolute Gasteiger partial charge is 0.238 e. The minimum Gasteiger partial charge on any atom is -0.487 e. The van der Waals surface area contributed by atoms with Crippen LogP contribution in [0.3, 0.4) is 0 Å². The van der Waals surface area contributed by atoms with Gasteiger partial charge in [0.15, 0.2) is 11.6 Å². The number of amides is 1. The number of nitrogens with zero attached hydrogens (tertiary/aromatic N) is 3. The van der Waals surface area contributed by atoms with E-state index in [4.69, 9.17) is 4.74 Å². The number of ether oxygens (including phenoxy) is 1. The first kappa shape index (κ1) is 19.1. The van der Waals surface area contributed by atoms with Gasteiger partial charge in [0.2, 0.25) is 5.91 Å². The summed E-state index contributed by atoms with van der Waals surface area (Å²) in [5.74, 6) is -0.0925. The van der Waals surface area contributed by atoms with E-state index in [0.717, 1.165) is 37.3 Å². The Morgan fingerprint density at radius 2 is 1.90 bits per heavy atom. The van der Waals surface area contributed by atoms with Crippen LogP contribution in [0, 0.1) is 5.82 Å². The Balaban J connectivity index is 1.23. The van der Waals surface area contributed by atoms with Crippen LogP contribution in [0.5, 0.6) is 5.75 Å². The molecule has 0 bridgehead atoms. The minimum absolute atomic E-state index is 0.0260. The van der Waals surface area contributed by atoms with Gasteiger partial charge >= 0.3 is 0 Å². The van der Waals surface area contributed by atoms with Crippen molar-refractivity contribution in [3.05, 3.63) is 73.1 Å². The molecule has 1 amide bonds. The summed E-state index contributed by atoms with van der Waals surface area (Å²) in [6, 6.07) is 14.1. The number of piperidine rings is 1. The molecule has 1 N–H and O–H groups in total. The zero-order chi connectivity index (χ0) is 20.1. The predicted molar refractivity (Wildman–Crippen MR) is 109 cm³/mol. The van der Waals surface area contributed by atoms with Gasteiger partial charge in [-0.3, -0.25) is 9.69 Å². The molecule has 0 aliphatic carbocycles.